The largest absolute Gasteiger partial charge is 0.493 e. The van der Waals surface area contributed by atoms with E-state index in [1.807, 2.05) is 44.2 Å². The molecule has 2 aromatic carbocycles. The molecule has 0 aliphatic carbocycles. The number of hydrogen-bond acceptors (Lipinski definition) is 7. The lowest BCUT2D eigenvalue weighted by molar-refractivity contribution is 0.0540. The van der Waals surface area contributed by atoms with Gasteiger partial charge >= 0.3 is 0 Å². The van der Waals surface area contributed by atoms with Crippen molar-refractivity contribution in [2.24, 2.45) is 0 Å². The number of nitrogens with zero attached hydrogens (tertiary/aromatic N) is 2. The maximum Gasteiger partial charge on any atom is 0.176 e. The van der Waals surface area contributed by atoms with Crippen LogP contribution in [0.2, 0.25) is 0 Å². The minimum Gasteiger partial charge on any atom is -0.493 e. The number of rotatable bonds is 10. The van der Waals surface area contributed by atoms with Crippen molar-refractivity contribution in [3.63, 3.8) is 0 Å². The van der Waals surface area contributed by atoms with Crippen molar-refractivity contribution in [2.75, 3.05) is 51.3 Å². The van der Waals surface area contributed by atoms with Crippen molar-refractivity contribution in [3.8, 4) is 11.5 Å². The van der Waals surface area contributed by atoms with Gasteiger partial charge in [0.05, 0.1) is 32.4 Å². The molecule has 0 spiro atoms. The smallest absolute Gasteiger partial charge is 0.176 e. The molecule has 9 heteroatoms. The maximum atomic E-state index is 5.88. The Hall–Kier alpha value is -3.01. The summed E-state index contributed by atoms with van der Waals surface area (Å²) in [6.07, 6.45) is 1.48. The molecule has 0 amide bonds. The molecule has 0 bridgehead atoms. The monoisotopic (exact) mass is 456 g/mol. The van der Waals surface area contributed by atoms with E-state index in [1.54, 1.807) is 14.2 Å². The van der Waals surface area contributed by atoms with Crippen LogP contribution in [0.15, 0.2) is 36.7 Å². The highest BCUT2D eigenvalue weighted by atomic mass is 32.1. The second-order valence-corrected chi connectivity index (χ2v) is 7.45. The summed E-state index contributed by atoms with van der Waals surface area (Å²) in [5, 5.41) is 7.64. The lowest BCUT2D eigenvalue weighted by Gasteiger charge is -2.16. The Morgan fingerprint density at radius 2 is 1.69 bits per heavy atom. The van der Waals surface area contributed by atoms with Crippen LogP contribution in [-0.4, -0.2) is 55.7 Å². The van der Waals surface area contributed by atoms with Crippen molar-refractivity contribution < 1.29 is 18.9 Å². The minimum atomic E-state index is 0.370. The first kappa shape index (κ1) is 23.6. The number of methoxy groups -OCH3 is 2. The van der Waals surface area contributed by atoms with Gasteiger partial charge in [-0.15, -0.1) is 0 Å². The van der Waals surface area contributed by atoms with Crippen molar-refractivity contribution in [1.29, 1.82) is 0 Å². The Labute approximate surface area is 193 Å². The Kier molecular flexibility index (Phi) is 8.55. The number of hydrogen-bond donors (Lipinski definition) is 2. The molecule has 0 radical (unpaired) electrons. The first-order valence-corrected chi connectivity index (χ1v) is 10.6. The van der Waals surface area contributed by atoms with Crippen LogP contribution in [0.25, 0.3) is 10.9 Å². The molecule has 0 aliphatic heterocycles. The second kappa shape index (κ2) is 11.6. The fourth-order valence-corrected chi connectivity index (χ4v) is 3.35. The predicted molar refractivity (Wildman–Crippen MR) is 130 cm³/mol. The van der Waals surface area contributed by atoms with Crippen LogP contribution >= 0.6 is 12.2 Å². The number of aromatic nitrogens is 2. The fourth-order valence-electron chi connectivity index (χ4n) is 3.15. The van der Waals surface area contributed by atoms with Gasteiger partial charge in [0.25, 0.3) is 0 Å². The fraction of sp³-hybridized carbons (Fsp3) is 0.348. The van der Waals surface area contributed by atoms with Gasteiger partial charge in [0, 0.05) is 24.2 Å². The van der Waals surface area contributed by atoms with Gasteiger partial charge in [-0.1, -0.05) is 18.2 Å². The zero-order valence-electron chi connectivity index (χ0n) is 18.7. The summed E-state index contributed by atoms with van der Waals surface area (Å²) in [6.45, 7) is 5.93. The molecule has 3 aromatic rings. The average molecular weight is 457 g/mol. The molecule has 3 rings (SSSR count). The molecule has 170 valence electrons. The van der Waals surface area contributed by atoms with E-state index in [-0.39, 0.29) is 0 Å². The summed E-state index contributed by atoms with van der Waals surface area (Å²) in [5.41, 5.74) is 3.89. The van der Waals surface area contributed by atoms with Crippen LogP contribution in [0.5, 0.6) is 11.5 Å². The lowest BCUT2D eigenvalue weighted by Crippen LogP contribution is -2.21. The number of ether oxygens (including phenoxy) is 4. The third-order valence-electron chi connectivity index (χ3n) is 4.79. The molecule has 8 nitrogen and oxygen atoms in total. The van der Waals surface area contributed by atoms with Crippen molar-refractivity contribution in [3.05, 3.63) is 47.8 Å². The molecule has 0 saturated heterocycles. The number of nitrogens with one attached hydrogen (secondary N) is 2. The molecule has 0 saturated carbocycles. The standard InChI is InChI=1S/C23H28N4O4S/c1-15-6-5-7-16(2)21(15)26-23(32)27-22-17-12-20(31-11-10-30-9-8-28-3)19(29-4)13-18(17)24-14-25-22/h5-7,12-14H,8-11H2,1-4H3,(H2,24,25,26,27,32). The van der Waals surface area contributed by atoms with Gasteiger partial charge in [0.1, 0.15) is 18.8 Å². The summed E-state index contributed by atoms with van der Waals surface area (Å²) >= 11 is 5.54. The first-order chi connectivity index (χ1) is 15.5. The number of fused-ring (bicyclic) bond motifs is 1. The molecule has 32 heavy (non-hydrogen) atoms. The SMILES string of the molecule is COCCOCCOc1cc2c(NC(=S)Nc3c(C)cccc3C)ncnc2cc1OC. The van der Waals surface area contributed by atoms with Crippen LogP contribution in [-0.2, 0) is 9.47 Å². The van der Waals surface area contributed by atoms with E-state index in [1.165, 1.54) is 6.33 Å². The Balaban J connectivity index is 1.77. The van der Waals surface area contributed by atoms with E-state index in [2.05, 4.69) is 20.6 Å². The molecule has 0 atom stereocenters. The van der Waals surface area contributed by atoms with Crippen molar-refractivity contribution in [2.45, 2.75) is 13.8 Å². The summed E-state index contributed by atoms with van der Waals surface area (Å²) in [4.78, 5) is 8.73. The van der Waals surface area contributed by atoms with E-state index in [0.29, 0.717) is 54.4 Å². The molecule has 1 heterocycles. The summed E-state index contributed by atoms with van der Waals surface area (Å²) in [5.74, 6) is 1.72. The number of benzene rings is 2. The van der Waals surface area contributed by atoms with Crippen molar-refractivity contribution in [1.82, 2.24) is 9.97 Å². The quantitative estimate of drug-likeness (QED) is 0.346. The van der Waals surface area contributed by atoms with Crippen LogP contribution < -0.4 is 20.1 Å². The van der Waals surface area contributed by atoms with Crippen LogP contribution in [0.3, 0.4) is 0 Å². The van der Waals surface area contributed by atoms with Crippen LogP contribution in [0.1, 0.15) is 11.1 Å². The van der Waals surface area contributed by atoms with E-state index >= 15 is 0 Å². The molecule has 1 aromatic heterocycles. The highest BCUT2D eigenvalue weighted by Gasteiger charge is 2.13. The normalized spacial score (nSPS) is 10.8. The Bertz CT molecular complexity index is 1060. The third kappa shape index (κ3) is 6.03. The topological polar surface area (TPSA) is 86.8 Å². The molecular formula is C23H28N4O4S. The number of anilines is 2. The van der Waals surface area contributed by atoms with Crippen LogP contribution in [0.4, 0.5) is 11.5 Å². The van der Waals surface area contributed by atoms with Crippen LogP contribution in [0, 0.1) is 13.8 Å². The van der Waals surface area contributed by atoms with Gasteiger partial charge in [-0.2, -0.15) is 0 Å². The van der Waals surface area contributed by atoms with Gasteiger partial charge in [0.15, 0.2) is 16.6 Å². The maximum absolute atomic E-state index is 5.88. The lowest BCUT2D eigenvalue weighted by atomic mass is 10.1. The third-order valence-corrected chi connectivity index (χ3v) is 4.99. The number of para-hydroxylation sites is 1. The molecular weight excluding hydrogens is 428 g/mol. The summed E-state index contributed by atoms with van der Waals surface area (Å²) in [7, 11) is 3.23. The van der Waals surface area contributed by atoms with Gasteiger partial charge in [-0.25, -0.2) is 9.97 Å². The second-order valence-electron chi connectivity index (χ2n) is 7.04. The average Bonchev–Trinajstić information content (AvgIpc) is 2.78. The van der Waals surface area contributed by atoms with E-state index in [4.69, 9.17) is 31.2 Å². The first-order valence-electron chi connectivity index (χ1n) is 10.2. The zero-order chi connectivity index (χ0) is 22.9. The van der Waals surface area contributed by atoms with E-state index in [0.717, 1.165) is 22.2 Å². The Morgan fingerprint density at radius 1 is 0.938 bits per heavy atom. The van der Waals surface area contributed by atoms with Gasteiger partial charge in [0.2, 0.25) is 0 Å². The summed E-state index contributed by atoms with van der Waals surface area (Å²) in [6, 6.07) is 9.74. The number of aryl methyl sites for hydroxylation is 2. The highest BCUT2D eigenvalue weighted by molar-refractivity contribution is 7.80. The number of thiocarbonyl (C=S) groups is 1. The predicted octanol–water partition coefficient (Wildman–Crippen LogP) is 4.11. The molecule has 0 fully saturated rings. The molecule has 0 aliphatic rings. The van der Waals surface area contributed by atoms with Crippen molar-refractivity contribution >= 4 is 39.7 Å². The minimum absolute atomic E-state index is 0.370. The zero-order valence-corrected chi connectivity index (χ0v) is 19.5. The Morgan fingerprint density at radius 3 is 2.41 bits per heavy atom. The van der Waals surface area contributed by atoms with E-state index in [9.17, 15) is 0 Å². The van der Waals surface area contributed by atoms with Gasteiger partial charge in [-0.05, 0) is 43.3 Å². The molecule has 0 unspecified atom stereocenters. The highest BCUT2D eigenvalue weighted by Crippen LogP contribution is 2.34. The molecule has 2 N–H and O–H groups in total. The van der Waals surface area contributed by atoms with E-state index < -0.39 is 0 Å². The van der Waals surface area contributed by atoms with Gasteiger partial charge in [-0.3, -0.25) is 0 Å². The van der Waals surface area contributed by atoms with Gasteiger partial charge < -0.3 is 29.6 Å². The summed E-state index contributed by atoms with van der Waals surface area (Å²) < 4.78 is 21.8.